The minimum absolute atomic E-state index is 0.188. The van der Waals surface area contributed by atoms with E-state index in [9.17, 15) is 9.59 Å². The molecule has 2 N–H and O–H groups in total. The van der Waals surface area contributed by atoms with Crippen LogP contribution in [0.5, 0.6) is 0 Å². The molecule has 12 heavy (non-hydrogen) atoms. The summed E-state index contributed by atoms with van der Waals surface area (Å²) in [7, 11) is 1.16. The Labute approximate surface area is 70.1 Å². The number of nitrogens with two attached hydrogens (primary N) is 1. The summed E-state index contributed by atoms with van der Waals surface area (Å²) < 4.78 is 8.81. The van der Waals surface area contributed by atoms with Gasteiger partial charge in [-0.1, -0.05) is 0 Å². The highest BCUT2D eigenvalue weighted by atomic mass is 16.5. The van der Waals surface area contributed by atoms with Crippen molar-refractivity contribution in [1.82, 2.24) is 0 Å². The van der Waals surface area contributed by atoms with Crippen LogP contribution in [0, 0.1) is 0 Å². The van der Waals surface area contributed by atoms with E-state index < -0.39 is 11.9 Å². The monoisotopic (exact) mass is 173 g/mol. The first kappa shape index (κ1) is 10.5. The third kappa shape index (κ3) is 2.61. The number of rotatable bonds is 3. The zero-order chi connectivity index (χ0) is 9.56. The number of hydrogen-bond donors (Lipinski definition) is 1. The van der Waals surface area contributed by atoms with Gasteiger partial charge in [0, 0.05) is 6.20 Å². The maximum Gasteiger partial charge on any atom is 0.347 e. The molecule has 0 aliphatic rings. The number of hydrogen-bond acceptors (Lipinski definition) is 5. The van der Waals surface area contributed by atoms with Crippen molar-refractivity contribution < 1.29 is 19.1 Å². The smallest absolute Gasteiger partial charge is 0.347 e. The van der Waals surface area contributed by atoms with Gasteiger partial charge in [0.05, 0.1) is 13.7 Å². The van der Waals surface area contributed by atoms with Crippen LogP contribution in [0.3, 0.4) is 0 Å². The van der Waals surface area contributed by atoms with Gasteiger partial charge in [0.1, 0.15) is 0 Å². The maximum atomic E-state index is 10.9. The molecule has 0 bridgehead atoms. The van der Waals surface area contributed by atoms with Crippen molar-refractivity contribution in [2.24, 2.45) is 5.73 Å². The molecule has 0 spiro atoms. The Balaban J connectivity index is 4.37. The van der Waals surface area contributed by atoms with E-state index in [0.29, 0.717) is 0 Å². The maximum absolute atomic E-state index is 10.9. The molecule has 0 saturated carbocycles. The van der Waals surface area contributed by atoms with Crippen molar-refractivity contribution in [1.29, 1.82) is 0 Å². The summed E-state index contributed by atoms with van der Waals surface area (Å²) >= 11 is 0. The summed E-state index contributed by atoms with van der Waals surface area (Å²) in [6.45, 7) is 1.82. The van der Waals surface area contributed by atoms with Crippen molar-refractivity contribution in [3.8, 4) is 0 Å². The molecule has 0 aliphatic heterocycles. The van der Waals surface area contributed by atoms with Gasteiger partial charge in [-0.15, -0.1) is 0 Å². The van der Waals surface area contributed by atoms with Crippen LogP contribution in [0.15, 0.2) is 11.8 Å². The summed E-state index contributed by atoms with van der Waals surface area (Å²) in [5.74, 6) is -1.57. The van der Waals surface area contributed by atoms with E-state index in [2.05, 4.69) is 9.47 Å². The van der Waals surface area contributed by atoms with Gasteiger partial charge in [-0.3, -0.25) is 0 Å². The molecule has 0 amide bonds. The highest BCUT2D eigenvalue weighted by molar-refractivity contribution is 6.13. The lowest BCUT2D eigenvalue weighted by Gasteiger charge is -2.02. The molecular formula is C7H11NO4. The van der Waals surface area contributed by atoms with Crippen LogP contribution < -0.4 is 5.73 Å². The molecule has 0 aliphatic carbocycles. The Hall–Kier alpha value is -1.52. The van der Waals surface area contributed by atoms with Gasteiger partial charge in [-0.25, -0.2) is 9.59 Å². The number of methoxy groups -OCH3 is 1. The van der Waals surface area contributed by atoms with Crippen molar-refractivity contribution in [2.45, 2.75) is 6.92 Å². The van der Waals surface area contributed by atoms with E-state index in [1.54, 1.807) is 6.92 Å². The molecule has 5 heteroatoms. The average molecular weight is 173 g/mol. The third-order valence-corrected chi connectivity index (χ3v) is 1.07. The second kappa shape index (κ2) is 5.17. The molecule has 0 heterocycles. The Kier molecular flexibility index (Phi) is 4.52. The van der Waals surface area contributed by atoms with Gasteiger partial charge in [0.25, 0.3) is 0 Å². The Morgan fingerprint density at radius 2 is 2.00 bits per heavy atom. The fourth-order valence-electron chi connectivity index (χ4n) is 0.538. The van der Waals surface area contributed by atoms with Crippen molar-refractivity contribution >= 4 is 11.9 Å². The number of esters is 2. The minimum atomic E-state index is -0.795. The predicted molar refractivity (Wildman–Crippen MR) is 40.9 cm³/mol. The zero-order valence-corrected chi connectivity index (χ0v) is 6.99. The van der Waals surface area contributed by atoms with E-state index in [1.165, 1.54) is 0 Å². The van der Waals surface area contributed by atoms with Gasteiger partial charge < -0.3 is 15.2 Å². The molecule has 0 atom stereocenters. The summed E-state index contributed by atoms with van der Waals surface area (Å²) in [6, 6.07) is 0. The summed E-state index contributed by atoms with van der Waals surface area (Å²) in [5.41, 5.74) is 4.72. The quantitative estimate of drug-likeness (QED) is 0.271. The van der Waals surface area contributed by atoms with E-state index in [4.69, 9.17) is 5.73 Å². The molecule has 0 aromatic rings. The lowest BCUT2D eigenvalue weighted by molar-refractivity contribution is -0.145. The summed E-state index contributed by atoms with van der Waals surface area (Å²) in [4.78, 5) is 21.7. The molecule has 0 aromatic heterocycles. The molecule has 0 rings (SSSR count). The van der Waals surface area contributed by atoms with Crippen LogP contribution in [0.1, 0.15) is 6.92 Å². The zero-order valence-electron chi connectivity index (χ0n) is 6.99. The largest absolute Gasteiger partial charge is 0.465 e. The number of carbonyl (C=O) groups is 2. The molecule has 0 fully saturated rings. The number of ether oxygens (including phenoxy) is 2. The Morgan fingerprint density at radius 1 is 1.42 bits per heavy atom. The molecule has 5 nitrogen and oxygen atoms in total. The van der Waals surface area contributed by atoms with Gasteiger partial charge in [0.2, 0.25) is 0 Å². The van der Waals surface area contributed by atoms with E-state index in [1.807, 2.05) is 0 Å². The first-order chi connectivity index (χ1) is 5.67. The summed E-state index contributed by atoms with van der Waals surface area (Å²) in [5, 5.41) is 0. The highest BCUT2D eigenvalue weighted by Crippen LogP contribution is 1.98. The second-order valence-electron chi connectivity index (χ2n) is 1.79. The van der Waals surface area contributed by atoms with Crippen LogP contribution >= 0.6 is 0 Å². The number of carbonyl (C=O) groups excluding carboxylic acids is 2. The van der Waals surface area contributed by atoms with Crippen molar-refractivity contribution in [2.75, 3.05) is 13.7 Å². The Bertz CT molecular complexity index is 209. The highest BCUT2D eigenvalue weighted by Gasteiger charge is 2.18. The fraction of sp³-hybridized carbons (Fsp3) is 0.429. The second-order valence-corrected chi connectivity index (χ2v) is 1.79. The van der Waals surface area contributed by atoms with Gasteiger partial charge in [-0.05, 0) is 6.92 Å². The Morgan fingerprint density at radius 3 is 2.33 bits per heavy atom. The molecular weight excluding hydrogens is 162 g/mol. The first-order valence-electron chi connectivity index (χ1n) is 3.34. The molecule has 0 saturated heterocycles. The van der Waals surface area contributed by atoms with Crippen LogP contribution in [-0.2, 0) is 19.1 Å². The third-order valence-electron chi connectivity index (χ3n) is 1.07. The molecule has 0 unspecified atom stereocenters. The topological polar surface area (TPSA) is 78.6 Å². The molecule has 0 radical (unpaired) electrons. The van der Waals surface area contributed by atoms with Crippen molar-refractivity contribution in [3.05, 3.63) is 11.8 Å². The van der Waals surface area contributed by atoms with E-state index in [-0.39, 0.29) is 12.2 Å². The van der Waals surface area contributed by atoms with E-state index in [0.717, 1.165) is 13.3 Å². The average Bonchev–Trinajstić information content (AvgIpc) is 2.06. The predicted octanol–water partition coefficient (Wildman–Crippen LogP) is -0.435. The van der Waals surface area contributed by atoms with Gasteiger partial charge >= 0.3 is 11.9 Å². The van der Waals surface area contributed by atoms with Crippen LogP contribution in [-0.4, -0.2) is 25.7 Å². The van der Waals surface area contributed by atoms with Gasteiger partial charge in [0.15, 0.2) is 5.57 Å². The SMILES string of the molecule is CCOC(=O)/C(=C/N)C(=O)OC. The minimum Gasteiger partial charge on any atom is -0.465 e. The van der Waals surface area contributed by atoms with Crippen LogP contribution in [0.2, 0.25) is 0 Å². The standard InChI is InChI=1S/C7H11NO4/c1-3-12-7(10)5(4-8)6(9)11-2/h4H,3,8H2,1-2H3/b5-4+. The van der Waals surface area contributed by atoms with E-state index >= 15 is 0 Å². The summed E-state index contributed by atoms with van der Waals surface area (Å²) in [6.07, 6.45) is 0.865. The first-order valence-corrected chi connectivity index (χ1v) is 3.34. The van der Waals surface area contributed by atoms with Crippen molar-refractivity contribution in [3.63, 3.8) is 0 Å². The lowest BCUT2D eigenvalue weighted by atomic mass is 10.3. The molecule has 68 valence electrons. The fourth-order valence-corrected chi connectivity index (χ4v) is 0.538. The lowest BCUT2D eigenvalue weighted by Crippen LogP contribution is -2.18. The van der Waals surface area contributed by atoms with Crippen LogP contribution in [0.4, 0.5) is 0 Å². The van der Waals surface area contributed by atoms with Gasteiger partial charge in [-0.2, -0.15) is 0 Å². The molecule has 0 aromatic carbocycles. The normalized spacial score (nSPS) is 10.7. The van der Waals surface area contributed by atoms with Crippen LogP contribution in [0.25, 0.3) is 0 Å².